The van der Waals surface area contributed by atoms with Gasteiger partial charge < -0.3 is 20.5 Å². The van der Waals surface area contributed by atoms with Crippen LogP contribution in [0, 0.1) is 17.6 Å². The molecule has 3 N–H and O–H groups in total. The van der Waals surface area contributed by atoms with E-state index in [4.69, 9.17) is 15.2 Å². The first-order valence-electron chi connectivity index (χ1n) is 10.8. The summed E-state index contributed by atoms with van der Waals surface area (Å²) in [6.07, 6.45) is 1.60. The highest BCUT2D eigenvalue weighted by Gasteiger charge is 2.19. The van der Waals surface area contributed by atoms with E-state index in [1.54, 1.807) is 12.3 Å². The predicted octanol–water partition coefficient (Wildman–Crippen LogP) is 5.19. The number of benzene rings is 2. The van der Waals surface area contributed by atoms with Crippen molar-refractivity contribution < 1.29 is 23.0 Å². The molecule has 0 atom stereocenters. The Labute approximate surface area is 204 Å². The molecule has 2 aromatic carbocycles. The van der Waals surface area contributed by atoms with Crippen LogP contribution >= 0.6 is 11.3 Å². The zero-order chi connectivity index (χ0) is 25.1. The van der Waals surface area contributed by atoms with Crippen molar-refractivity contribution in [1.82, 2.24) is 15.3 Å². The zero-order valence-corrected chi connectivity index (χ0v) is 20.2. The molecule has 35 heavy (non-hydrogen) atoms. The van der Waals surface area contributed by atoms with Gasteiger partial charge in [0.25, 0.3) is 5.91 Å². The number of halogens is 2. The molecule has 0 spiro atoms. The average Bonchev–Trinajstić information content (AvgIpc) is 3.20. The van der Waals surface area contributed by atoms with Crippen molar-refractivity contribution in [3.05, 3.63) is 65.4 Å². The van der Waals surface area contributed by atoms with Gasteiger partial charge in [0.1, 0.15) is 11.4 Å². The van der Waals surface area contributed by atoms with Crippen LogP contribution < -0.4 is 20.5 Å². The van der Waals surface area contributed by atoms with Gasteiger partial charge >= 0.3 is 0 Å². The maximum Gasteiger partial charge on any atom is 0.257 e. The van der Waals surface area contributed by atoms with Crippen molar-refractivity contribution in [3.63, 3.8) is 0 Å². The summed E-state index contributed by atoms with van der Waals surface area (Å²) in [5.74, 6) is -1.92. The highest BCUT2D eigenvalue weighted by atomic mass is 32.1. The van der Waals surface area contributed by atoms with E-state index in [0.29, 0.717) is 10.7 Å². The molecule has 0 radical (unpaired) electrons. The van der Waals surface area contributed by atoms with Gasteiger partial charge in [-0.2, -0.15) is 0 Å². The Morgan fingerprint density at radius 3 is 2.71 bits per heavy atom. The SMILES string of the molecule is COc1ncc(-c2ccc3nc(N)sc3c2)cc1C(=O)NCc1cc(F)cc(F)c1OCC(C)C. The molecule has 7 nitrogen and oxygen atoms in total. The minimum Gasteiger partial charge on any atom is -0.490 e. The summed E-state index contributed by atoms with van der Waals surface area (Å²) < 4.78 is 40.0. The minimum absolute atomic E-state index is 0.0867. The first-order valence-corrected chi connectivity index (χ1v) is 11.7. The fourth-order valence-corrected chi connectivity index (χ4v) is 4.26. The molecule has 2 heterocycles. The monoisotopic (exact) mass is 498 g/mol. The van der Waals surface area contributed by atoms with Crippen LogP contribution in [0.3, 0.4) is 0 Å². The molecule has 0 unspecified atom stereocenters. The van der Waals surface area contributed by atoms with Gasteiger partial charge in [-0.25, -0.2) is 18.7 Å². The molecule has 2 aromatic heterocycles. The summed E-state index contributed by atoms with van der Waals surface area (Å²) >= 11 is 1.36. The number of aromatic nitrogens is 2. The van der Waals surface area contributed by atoms with Crippen molar-refractivity contribution in [2.24, 2.45) is 5.92 Å². The normalized spacial score (nSPS) is 11.1. The minimum atomic E-state index is -0.824. The summed E-state index contributed by atoms with van der Waals surface area (Å²) in [7, 11) is 1.41. The number of ether oxygens (including phenoxy) is 2. The van der Waals surface area contributed by atoms with Crippen molar-refractivity contribution in [2.75, 3.05) is 19.5 Å². The number of pyridine rings is 1. The first kappa shape index (κ1) is 24.3. The van der Waals surface area contributed by atoms with E-state index in [1.807, 2.05) is 32.0 Å². The lowest BCUT2D eigenvalue weighted by atomic mass is 10.0. The third-order valence-electron chi connectivity index (χ3n) is 5.11. The maximum absolute atomic E-state index is 14.4. The number of amides is 1. The molecular formula is C25H24F2N4O3S. The smallest absolute Gasteiger partial charge is 0.257 e. The topological polar surface area (TPSA) is 99.4 Å². The van der Waals surface area contributed by atoms with E-state index in [9.17, 15) is 13.6 Å². The van der Waals surface area contributed by atoms with Crippen LogP contribution in [0.25, 0.3) is 21.3 Å². The second-order valence-corrected chi connectivity index (χ2v) is 9.34. The largest absolute Gasteiger partial charge is 0.490 e. The molecule has 0 aliphatic carbocycles. The molecule has 4 rings (SSSR count). The molecule has 0 saturated heterocycles. The molecule has 182 valence electrons. The van der Waals surface area contributed by atoms with E-state index in [2.05, 4.69) is 15.3 Å². The number of nitrogen functional groups attached to an aromatic ring is 1. The molecule has 10 heteroatoms. The number of methoxy groups -OCH3 is 1. The average molecular weight is 499 g/mol. The molecule has 0 saturated carbocycles. The van der Waals surface area contributed by atoms with Gasteiger partial charge in [-0.15, -0.1) is 0 Å². The lowest BCUT2D eigenvalue weighted by Gasteiger charge is -2.15. The molecule has 1 amide bonds. The third kappa shape index (κ3) is 5.48. The van der Waals surface area contributed by atoms with E-state index >= 15 is 0 Å². The number of thiazole rings is 1. The summed E-state index contributed by atoms with van der Waals surface area (Å²) in [4.78, 5) is 21.6. The van der Waals surface area contributed by atoms with Gasteiger partial charge in [0.15, 0.2) is 16.7 Å². The Kier molecular flexibility index (Phi) is 7.11. The van der Waals surface area contributed by atoms with Crippen LogP contribution in [0.4, 0.5) is 13.9 Å². The van der Waals surface area contributed by atoms with Crippen LogP contribution in [0.1, 0.15) is 29.8 Å². The van der Waals surface area contributed by atoms with Crippen molar-refractivity contribution in [2.45, 2.75) is 20.4 Å². The highest BCUT2D eigenvalue weighted by molar-refractivity contribution is 7.22. The summed E-state index contributed by atoms with van der Waals surface area (Å²) in [5.41, 5.74) is 8.45. The van der Waals surface area contributed by atoms with E-state index < -0.39 is 17.5 Å². The second-order valence-electron chi connectivity index (χ2n) is 8.28. The molecule has 0 bridgehead atoms. The highest BCUT2D eigenvalue weighted by Crippen LogP contribution is 2.31. The summed E-state index contributed by atoms with van der Waals surface area (Å²) in [5, 5.41) is 3.16. The predicted molar refractivity (Wildman–Crippen MR) is 132 cm³/mol. The molecule has 4 aromatic rings. The van der Waals surface area contributed by atoms with Crippen molar-refractivity contribution in [3.8, 4) is 22.8 Å². The van der Waals surface area contributed by atoms with Crippen LogP contribution in [-0.2, 0) is 6.54 Å². The second kappa shape index (κ2) is 10.2. The van der Waals surface area contributed by atoms with Crippen molar-refractivity contribution in [1.29, 1.82) is 0 Å². The zero-order valence-electron chi connectivity index (χ0n) is 19.4. The Balaban J connectivity index is 1.60. The van der Waals surface area contributed by atoms with Crippen LogP contribution in [0.2, 0.25) is 0 Å². The number of nitrogens with zero attached hydrogens (tertiary/aromatic N) is 2. The summed E-state index contributed by atoms with van der Waals surface area (Å²) in [6, 6.07) is 9.17. The van der Waals surface area contributed by atoms with Gasteiger partial charge in [0, 0.05) is 29.9 Å². The van der Waals surface area contributed by atoms with E-state index in [1.165, 1.54) is 18.4 Å². The number of fused-ring (bicyclic) bond motifs is 1. The van der Waals surface area contributed by atoms with Crippen LogP contribution in [-0.4, -0.2) is 29.6 Å². The number of hydrogen-bond acceptors (Lipinski definition) is 7. The summed E-state index contributed by atoms with van der Waals surface area (Å²) in [6.45, 7) is 3.92. The number of nitrogens with two attached hydrogens (primary N) is 1. The van der Waals surface area contributed by atoms with Crippen molar-refractivity contribution >= 4 is 32.6 Å². The van der Waals surface area contributed by atoms with Crippen LogP contribution in [0.5, 0.6) is 11.6 Å². The molecule has 0 aliphatic rings. The number of hydrogen-bond donors (Lipinski definition) is 2. The van der Waals surface area contributed by atoms with Gasteiger partial charge in [-0.05, 0) is 35.7 Å². The number of anilines is 1. The number of carbonyl (C=O) groups is 1. The quantitative estimate of drug-likeness (QED) is 0.347. The number of rotatable bonds is 8. The molecule has 0 fully saturated rings. The lowest BCUT2D eigenvalue weighted by molar-refractivity contribution is 0.0946. The fourth-order valence-electron chi connectivity index (χ4n) is 3.48. The third-order valence-corrected chi connectivity index (χ3v) is 5.96. The van der Waals surface area contributed by atoms with E-state index in [-0.39, 0.29) is 41.8 Å². The molecule has 0 aliphatic heterocycles. The van der Waals surface area contributed by atoms with Gasteiger partial charge in [0.05, 0.1) is 23.9 Å². The number of carbonyl (C=O) groups excluding carboxylic acids is 1. The number of nitrogens with one attached hydrogen (secondary N) is 1. The molecular weight excluding hydrogens is 474 g/mol. The van der Waals surface area contributed by atoms with Crippen LogP contribution in [0.15, 0.2) is 42.6 Å². The Morgan fingerprint density at radius 1 is 1.17 bits per heavy atom. The van der Waals surface area contributed by atoms with Gasteiger partial charge in [-0.3, -0.25) is 4.79 Å². The Hall–Kier alpha value is -3.79. The van der Waals surface area contributed by atoms with Gasteiger partial charge in [0.2, 0.25) is 5.88 Å². The standard InChI is InChI=1S/C25H24F2N4O3S/c1-13(2)12-34-22-16(6-17(26)9-19(22)27)11-29-23(32)18-7-15(10-30-24(18)33-3)14-4-5-20-21(8-14)35-25(28)31-20/h4-10,13H,11-12H2,1-3H3,(H2,28,31)(H,29,32). The lowest BCUT2D eigenvalue weighted by Crippen LogP contribution is -2.24. The fraction of sp³-hybridized carbons (Fsp3) is 0.240. The van der Waals surface area contributed by atoms with Gasteiger partial charge in [-0.1, -0.05) is 31.3 Å². The Morgan fingerprint density at radius 2 is 1.97 bits per heavy atom. The van der Waals surface area contributed by atoms with E-state index in [0.717, 1.165) is 27.9 Å². The first-order chi connectivity index (χ1) is 16.7. The maximum atomic E-state index is 14.4. The Bertz CT molecular complexity index is 1390.